The van der Waals surface area contributed by atoms with Gasteiger partial charge in [0.1, 0.15) is 0 Å². The molecule has 3 rings (SSSR count). The van der Waals surface area contributed by atoms with Crippen molar-refractivity contribution in [1.82, 2.24) is 15.0 Å². The van der Waals surface area contributed by atoms with Crippen LogP contribution in [0.25, 0.3) is 17.5 Å². The first kappa shape index (κ1) is 15.1. The van der Waals surface area contributed by atoms with Gasteiger partial charge in [-0.3, -0.25) is 4.79 Å². The quantitative estimate of drug-likeness (QED) is 0.746. The zero-order valence-corrected chi connectivity index (χ0v) is 13.2. The Kier molecular flexibility index (Phi) is 4.54. The number of nitrogens with zero attached hydrogens (tertiary/aromatic N) is 3. The van der Waals surface area contributed by atoms with Gasteiger partial charge in [0.25, 0.3) is 0 Å². The van der Waals surface area contributed by atoms with Gasteiger partial charge in [-0.15, -0.1) is 11.3 Å². The monoisotopic (exact) mass is 322 g/mol. The Bertz CT molecular complexity index is 826. The summed E-state index contributed by atoms with van der Waals surface area (Å²) >= 11 is 1.49. The first-order valence-corrected chi connectivity index (χ1v) is 7.92. The van der Waals surface area contributed by atoms with Crippen molar-refractivity contribution in [2.45, 2.75) is 6.92 Å². The molecule has 0 bridgehead atoms. The third-order valence-electron chi connectivity index (χ3n) is 3.06. The molecule has 0 aliphatic heterocycles. The molecule has 1 N–H and O–H groups in total. The maximum absolute atomic E-state index is 11.9. The third-order valence-corrected chi connectivity index (χ3v) is 3.67. The van der Waals surface area contributed by atoms with Gasteiger partial charge in [0.05, 0.1) is 11.2 Å². The normalized spacial score (nSPS) is 10.8. The number of benzene rings is 1. The summed E-state index contributed by atoms with van der Waals surface area (Å²) in [4.78, 5) is 24.6. The molecule has 0 saturated heterocycles. The van der Waals surface area contributed by atoms with Crippen molar-refractivity contribution in [3.05, 3.63) is 64.9 Å². The fourth-order valence-electron chi connectivity index (χ4n) is 1.94. The summed E-state index contributed by atoms with van der Waals surface area (Å²) in [7, 11) is 0. The van der Waals surface area contributed by atoms with Crippen molar-refractivity contribution in [1.29, 1.82) is 0 Å². The van der Waals surface area contributed by atoms with Crippen molar-refractivity contribution in [2.24, 2.45) is 0 Å². The highest BCUT2D eigenvalue weighted by molar-refractivity contribution is 7.07. The van der Waals surface area contributed by atoms with Crippen LogP contribution >= 0.6 is 11.3 Å². The molecule has 1 aromatic carbocycles. The maximum Gasteiger partial charge on any atom is 0.248 e. The first-order chi connectivity index (χ1) is 11.2. The molecule has 0 aliphatic carbocycles. The van der Waals surface area contributed by atoms with E-state index in [-0.39, 0.29) is 5.91 Å². The fraction of sp³-hybridized carbons (Fsp3) is 0.0588. The number of hydrogen-bond acceptors (Lipinski definition) is 5. The van der Waals surface area contributed by atoms with E-state index in [4.69, 9.17) is 0 Å². The zero-order valence-electron chi connectivity index (χ0n) is 12.4. The molecule has 23 heavy (non-hydrogen) atoms. The molecule has 5 nitrogen and oxygen atoms in total. The van der Waals surface area contributed by atoms with Crippen LogP contribution in [0.5, 0.6) is 0 Å². The van der Waals surface area contributed by atoms with Crippen molar-refractivity contribution in [3.8, 4) is 11.4 Å². The molecule has 0 atom stereocenters. The standard InChI is InChI=1S/C17H14N4OS/c1-12-8-9-18-17(20-12)13-2-4-14(5-3-13)21-16(22)7-6-15-10-23-11-19-15/h2-11H,1H3,(H,21,22). The van der Waals surface area contributed by atoms with Crippen LogP contribution in [0, 0.1) is 6.92 Å². The topological polar surface area (TPSA) is 67.8 Å². The number of amides is 1. The number of thiazole rings is 1. The lowest BCUT2D eigenvalue weighted by molar-refractivity contribution is -0.111. The van der Waals surface area contributed by atoms with Crippen LogP contribution in [0.1, 0.15) is 11.4 Å². The van der Waals surface area contributed by atoms with Gasteiger partial charge in [0.15, 0.2) is 5.82 Å². The summed E-state index contributed by atoms with van der Waals surface area (Å²) in [6.07, 6.45) is 4.88. The van der Waals surface area contributed by atoms with E-state index in [1.807, 2.05) is 42.6 Å². The number of hydrogen-bond donors (Lipinski definition) is 1. The smallest absolute Gasteiger partial charge is 0.248 e. The van der Waals surface area contributed by atoms with E-state index in [9.17, 15) is 4.79 Å². The number of carbonyl (C=O) groups excluding carboxylic acids is 1. The van der Waals surface area contributed by atoms with Crippen LogP contribution in [-0.2, 0) is 4.79 Å². The molecule has 0 spiro atoms. The molecule has 0 unspecified atom stereocenters. The predicted octanol–water partition coefficient (Wildman–Crippen LogP) is 3.56. The second kappa shape index (κ2) is 6.93. The summed E-state index contributed by atoms with van der Waals surface area (Å²) in [5.41, 5.74) is 5.04. The van der Waals surface area contributed by atoms with E-state index >= 15 is 0 Å². The van der Waals surface area contributed by atoms with Crippen LogP contribution in [0.2, 0.25) is 0 Å². The van der Waals surface area contributed by atoms with Crippen molar-refractivity contribution in [3.63, 3.8) is 0 Å². The maximum atomic E-state index is 11.9. The molecular weight excluding hydrogens is 308 g/mol. The summed E-state index contributed by atoms with van der Waals surface area (Å²) < 4.78 is 0. The number of carbonyl (C=O) groups is 1. The summed E-state index contributed by atoms with van der Waals surface area (Å²) in [5.74, 6) is 0.476. The number of aromatic nitrogens is 3. The van der Waals surface area contributed by atoms with Gasteiger partial charge in [-0.1, -0.05) is 0 Å². The molecular formula is C17H14N4OS. The van der Waals surface area contributed by atoms with Gasteiger partial charge in [-0.2, -0.15) is 0 Å². The highest BCUT2D eigenvalue weighted by Gasteiger charge is 2.03. The van der Waals surface area contributed by atoms with Gasteiger partial charge in [-0.05, 0) is 43.3 Å². The lowest BCUT2D eigenvalue weighted by Gasteiger charge is -2.04. The molecule has 0 aliphatic rings. The molecule has 1 amide bonds. The van der Waals surface area contributed by atoms with Gasteiger partial charge in [0, 0.05) is 34.6 Å². The minimum Gasteiger partial charge on any atom is -0.323 e. The highest BCUT2D eigenvalue weighted by atomic mass is 32.1. The van der Waals surface area contributed by atoms with Crippen molar-refractivity contribution >= 4 is 29.0 Å². The first-order valence-electron chi connectivity index (χ1n) is 6.98. The second-order valence-corrected chi connectivity index (χ2v) is 5.55. The molecule has 3 aromatic rings. The summed E-state index contributed by atoms with van der Waals surface area (Å²) in [6, 6.07) is 9.28. The Morgan fingerprint density at radius 1 is 1.17 bits per heavy atom. The second-order valence-electron chi connectivity index (χ2n) is 4.83. The number of nitrogens with one attached hydrogen (secondary N) is 1. The van der Waals surface area contributed by atoms with E-state index in [2.05, 4.69) is 20.3 Å². The molecule has 0 fully saturated rings. The van der Waals surface area contributed by atoms with Gasteiger partial charge in [-0.25, -0.2) is 15.0 Å². The third kappa shape index (κ3) is 4.08. The minimum absolute atomic E-state index is 0.197. The van der Waals surface area contributed by atoms with Gasteiger partial charge >= 0.3 is 0 Å². The number of aryl methyl sites for hydroxylation is 1. The number of rotatable bonds is 4. The van der Waals surface area contributed by atoms with E-state index in [0.29, 0.717) is 11.5 Å². The molecule has 6 heteroatoms. The lowest BCUT2D eigenvalue weighted by atomic mass is 10.2. The Labute approximate surface area is 137 Å². The van der Waals surface area contributed by atoms with Crippen LogP contribution in [0.3, 0.4) is 0 Å². The van der Waals surface area contributed by atoms with Crippen LogP contribution in [0.4, 0.5) is 5.69 Å². The van der Waals surface area contributed by atoms with Crippen LogP contribution in [-0.4, -0.2) is 20.9 Å². The summed E-state index contributed by atoms with van der Waals surface area (Å²) in [5, 5.41) is 4.68. The fourth-order valence-corrected chi connectivity index (χ4v) is 2.46. The Morgan fingerprint density at radius 2 is 2.00 bits per heavy atom. The lowest BCUT2D eigenvalue weighted by Crippen LogP contribution is -2.07. The Balaban J connectivity index is 1.66. The highest BCUT2D eigenvalue weighted by Crippen LogP contribution is 2.18. The van der Waals surface area contributed by atoms with Crippen LogP contribution in [0.15, 0.2) is 53.5 Å². The average molecular weight is 322 g/mol. The van der Waals surface area contributed by atoms with Gasteiger partial charge < -0.3 is 5.32 Å². The molecule has 114 valence electrons. The Hall–Kier alpha value is -2.86. The molecule has 0 radical (unpaired) electrons. The molecule has 2 aromatic heterocycles. The molecule has 2 heterocycles. The minimum atomic E-state index is -0.197. The SMILES string of the molecule is Cc1ccnc(-c2ccc(NC(=O)C=Cc3cscn3)cc2)n1. The summed E-state index contributed by atoms with van der Waals surface area (Å²) in [6.45, 7) is 1.93. The van der Waals surface area contributed by atoms with E-state index in [1.165, 1.54) is 17.4 Å². The van der Waals surface area contributed by atoms with Crippen molar-refractivity contribution in [2.75, 3.05) is 5.32 Å². The van der Waals surface area contributed by atoms with E-state index < -0.39 is 0 Å². The van der Waals surface area contributed by atoms with Crippen molar-refractivity contribution < 1.29 is 4.79 Å². The largest absolute Gasteiger partial charge is 0.323 e. The predicted molar refractivity (Wildman–Crippen MR) is 92.0 cm³/mol. The Morgan fingerprint density at radius 3 is 2.70 bits per heavy atom. The number of anilines is 1. The van der Waals surface area contributed by atoms with Gasteiger partial charge in [0.2, 0.25) is 5.91 Å². The van der Waals surface area contributed by atoms with E-state index in [1.54, 1.807) is 17.8 Å². The average Bonchev–Trinajstić information content (AvgIpc) is 3.07. The zero-order chi connectivity index (χ0) is 16.1. The van der Waals surface area contributed by atoms with E-state index in [0.717, 1.165) is 17.0 Å². The molecule has 0 saturated carbocycles. The van der Waals surface area contributed by atoms with Crippen LogP contribution < -0.4 is 5.32 Å².